The van der Waals surface area contributed by atoms with Crippen molar-refractivity contribution >= 4 is 35.1 Å². The van der Waals surface area contributed by atoms with E-state index in [0.717, 1.165) is 37.0 Å². The van der Waals surface area contributed by atoms with Gasteiger partial charge in [0.05, 0.1) is 13.7 Å². The van der Waals surface area contributed by atoms with Crippen LogP contribution < -0.4 is 14.4 Å². The first-order valence-corrected chi connectivity index (χ1v) is 12.0. The molecule has 2 aromatic carbocycles. The molecule has 1 aromatic heterocycles. The van der Waals surface area contributed by atoms with Gasteiger partial charge in [-0.3, -0.25) is 4.57 Å². The molecular formula is C23H26ClN5O4S. The largest absolute Gasteiger partial charge is 0.497 e. The molecule has 11 heteroatoms. The van der Waals surface area contributed by atoms with Gasteiger partial charge in [0.15, 0.2) is 0 Å². The summed E-state index contributed by atoms with van der Waals surface area (Å²) in [6, 6.07) is 16.6. The molecule has 0 bridgehead atoms. The van der Waals surface area contributed by atoms with Gasteiger partial charge in [-0.15, -0.1) is 0 Å². The van der Waals surface area contributed by atoms with E-state index in [2.05, 4.69) is 32.4 Å². The van der Waals surface area contributed by atoms with Crippen LogP contribution in [0.15, 0.2) is 59.6 Å². The Morgan fingerprint density at radius 1 is 1.18 bits per heavy atom. The first kappa shape index (κ1) is 24.2. The number of ether oxygens (including phenoxy) is 2. The second kappa shape index (κ2) is 11.0. The number of hydrogen-bond donors (Lipinski definition) is 0. The van der Waals surface area contributed by atoms with E-state index in [1.165, 1.54) is 16.8 Å². The summed E-state index contributed by atoms with van der Waals surface area (Å²) in [4.78, 5) is 17.0. The smallest absolute Gasteiger partial charge is 0.414 e. The lowest BCUT2D eigenvalue weighted by Crippen LogP contribution is -2.43. The van der Waals surface area contributed by atoms with E-state index < -0.39 is 4.92 Å². The summed E-state index contributed by atoms with van der Waals surface area (Å²) in [5, 5.41) is 11.1. The topological polar surface area (TPSA) is 85.9 Å². The molecule has 3 aromatic rings. The van der Waals surface area contributed by atoms with Gasteiger partial charge in [-0.1, -0.05) is 17.7 Å². The Balaban J connectivity index is 0.000000192. The van der Waals surface area contributed by atoms with Crippen LogP contribution in [0.3, 0.4) is 0 Å². The van der Waals surface area contributed by atoms with Crippen LogP contribution in [0.25, 0.3) is 0 Å². The third-order valence-electron chi connectivity index (χ3n) is 5.38. The molecule has 9 nitrogen and oxygen atoms in total. The summed E-state index contributed by atoms with van der Waals surface area (Å²) in [6.07, 6.45) is 1.45. The highest BCUT2D eigenvalue weighted by Gasteiger charge is 2.28. The molecule has 5 rings (SSSR count). The van der Waals surface area contributed by atoms with E-state index in [1.807, 2.05) is 49.2 Å². The number of fused-ring (bicyclic) bond motifs is 1. The highest BCUT2D eigenvalue weighted by Crippen LogP contribution is 2.28. The molecule has 0 aliphatic carbocycles. The van der Waals surface area contributed by atoms with Crippen LogP contribution in [0.1, 0.15) is 6.92 Å². The van der Waals surface area contributed by atoms with Gasteiger partial charge in [0.2, 0.25) is 0 Å². The molecule has 1 saturated heterocycles. The molecule has 2 aliphatic heterocycles. The zero-order chi connectivity index (χ0) is 24.1. The number of nitro groups is 1. The minimum Gasteiger partial charge on any atom is -0.497 e. The Kier molecular flexibility index (Phi) is 7.81. The van der Waals surface area contributed by atoms with E-state index in [1.54, 1.807) is 11.7 Å². The van der Waals surface area contributed by atoms with Crippen LogP contribution in [-0.4, -0.2) is 58.2 Å². The van der Waals surface area contributed by atoms with Crippen molar-refractivity contribution in [1.29, 1.82) is 0 Å². The standard InChI is InChI=1S/C17H19ClN2OS.C6H7N3O3/c1-21-16-5-7-17(8-6-16)22-20-11-9-19(10-12-20)15-4-2-3-14(18)13-15;1-4-2-8-3-5(9(10)11)7-6(8)12-4/h2-8,13H,9-12H2,1H3;3-4H,2H2,1H3. The van der Waals surface area contributed by atoms with Crippen molar-refractivity contribution in [3.8, 4) is 11.8 Å². The SMILES string of the molecule is CC1Cn2cc([N+](=O)[O-])nc2O1.COc1ccc(SN2CCN(c3cccc(Cl)c3)CC2)cc1. The zero-order valence-electron chi connectivity index (χ0n) is 19.0. The third kappa shape index (κ3) is 6.13. The second-order valence-corrected chi connectivity index (χ2v) is 9.49. The van der Waals surface area contributed by atoms with Gasteiger partial charge in [-0.25, -0.2) is 4.31 Å². The fourth-order valence-corrected chi connectivity index (χ4v) is 4.78. The van der Waals surface area contributed by atoms with E-state index in [9.17, 15) is 10.1 Å². The van der Waals surface area contributed by atoms with Gasteiger partial charge in [0, 0.05) is 46.8 Å². The summed E-state index contributed by atoms with van der Waals surface area (Å²) >= 11 is 7.88. The molecule has 2 aliphatic rings. The molecule has 0 spiro atoms. The minimum atomic E-state index is -0.528. The molecule has 0 saturated carbocycles. The quantitative estimate of drug-likeness (QED) is 0.280. The van der Waals surface area contributed by atoms with Crippen molar-refractivity contribution in [2.24, 2.45) is 0 Å². The number of piperazine rings is 1. The molecule has 3 heterocycles. The molecule has 0 amide bonds. The van der Waals surface area contributed by atoms with Crippen LogP contribution >= 0.6 is 23.5 Å². The van der Waals surface area contributed by atoms with E-state index >= 15 is 0 Å². The predicted octanol–water partition coefficient (Wildman–Crippen LogP) is 4.75. The van der Waals surface area contributed by atoms with Gasteiger partial charge in [0.1, 0.15) is 18.1 Å². The third-order valence-corrected chi connectivity index (χ3v) is 6.72. The highest BCUT2D eigenvalue weighted by molar-refractivity contribution is 7.97. The van der Waals surface area contributed by atoms with Crippen LogP contribution in [0.5, 0.6) is 11.8 Å². The maximum atomic E-state index is 10.3. The van der Waals surface area contributed by atoms with E-state index in [0.29, 0.717) is 12.6 Å². The van der Waals surface area contributed by atoms with Crippen LogP contribution in [-0.2, 0) is 6.54 Å². The van der Waals surface area contributed by atoms with Crippen molar-refractivity contribution in [3.63, 3.8) is 0 Å². The number of nitrogens with zero attached hydrogens (tertiary/aromatic N) is 5. The summed E-state index contributed by atoms with van der Waals surface area (Å²) in [6.45, 7) is 6.62. The molecule has 0 N–H and O–H groups in total. The average molecular weight is 504 g/mol. The van der Waals surface area contributed by atoms with Crippen molar-refractivity contribution in [3.05, 3.63) is 69.9 Å². The van der Waals surface area contributed by atoms with Crippen LogP contribution in [0.4, 0.5) is 11.5 Å². The predicted molar refractivity (Wildman–Crippen MR) is 133 cm³/mol. The molecule has 1 atom stereocenters. The van der Waals surface area contributed by atoms with E-state index in [4.69, 9.17) is 21.1 Å². The fraction of sp³-hybridized carbons (Fsp3) is 0.348. The number of halogens is 1. The number of methoxy groups -OCH3 is 1. The average Bonchev–Trinajstić information content (AvgIpc) is 3.38. The van der Waals surface area contributed by atoms with Crippen LogP contribution in [0, 0.1) is 10.1 Å². The van der Waals surface area contributed by atoms with Crippen molar-refractivity contribution in [2.75, 3.05) is 38.2 Å². The highest BCUT2D eigenvalue weighted by atomic mass is 35.5. The van der Waals surface area contributed by atoms with Crippen LogP contribution in [0.2, 0.25) is 5.02 Å². The molecule has 34 heavy (non-hydrogen) atoms. The molecule has 1 unspecified atom stereocenters. The first-order valence-electron chi connectivity index (χ1n) is 10.9. The Hall–Kier alpha value is -2.95. The maximum absolute atomic E-state index is 10.3. The minimum absolute atomic E-state index is 0.0632. The number of rotatable bonds is 5. The lowest BCUT2D eigenvalue weighted by molar-refractivity contribution is -0.389. The van der Waals surface area contributed by atoms with Gasteiger partial charge < -0.3 is 24.5 Å². The van der Waals surface area contributed by atoms with Gasteiger partial charge in [-0.2, -0.15) is 0 Å². The van der Waals surface area contributed by atoms with Crippen molar-refractivity contribution in [2.45, 2.75) is 24.5 Å². The second-order valence-electron chi connectivity index (χ2n) is 7.88. The zero-order valence-corrected chi connectivity index (χ0v) is 20.5. The first-order chi connectivity index (χ1) is 16.4. The lowest BCUT2D eigenvalue weighted by atomic mass is 10.2. The Bertz CT molecular complexity index is 1100. The van der Waals surface area contributed by atoms with Gasteiger partial charge in [-0.05, 0) is 66.3 Å². The monoisotopic (exact) mass is 503 g/mol. The maximum Gasteiger partial charge on any atom is 0.414 e. The number of imidazole rings is 1. The van der Waals surface area contributed by atoms with Gasteiger partial charge >= 0.3 is 11.8 Å². The van der Waals surface area contributed by atoms with Crippen molar-refractivity contribution < 1.29 is 14.4 Å². The molecule has 180 valence electrons. The Morgan fingerprint density at radius 3 is 2.53 bits per heavy atom. The lowest BCUT2D eigenvalue weighted by Gasteiger charge is -2.35. The number of anilines is 1. The summed E-state index contributed by atoms with van der Waals surface area (Å²) in [5.41, 5.74) is 1.21. The Morgan fingerprint density at radius 2 is 1.91 bits per heavy atom. The summed E-state index contributed by atoms with van der Waals surface area (Å²) in [7, 11) is 1.69. The number of aromatic nitrogens is 2. The fourth-order valence-electron chi connectivity index (χ4n) is 3.69. The summed E-state index contributed by atoms with van der Waals surface area (Å²) < 4.78 is 14.4. The molecular weight excluding hydrogens is 478 g/mol. The van der Waals surface area contributed by atoms with Gasteiger partial charge in [0.25, 0.3) is 0 Å². The normalized spacial score (nSPS) is 17.4. The molecule has 0 radical (unpaired) electrons. The Labute approximate surface area is 207 Å². The number of benzene rings is 2. The number of hydrogen-bond acceptors (Lipinski definition) is 8. The van der Waals surface area contributed by atoms with E-state index in [-0.39, 0.29) is 11.9 Å². The summed E-state index contributed by atoms with van der Waals surface area (Å²) in [5.74, 6) is 0.743. The molecule has 1 fully saturated rings. The van der Waals surface area contributed by atoms with Crippen molar-refractivity contribution in [1.82, 2.24) is 13.9 Å².